The molecule has 122 valence electrons. The second-order valence-electron chi connectivity index (χ2n) is 5.35. The number of hydrogen-bond donors (Lipinski definition) is 1. The molecule has 5 heteroatoms. The van der Waals surface area contributed by atoms with Gasteiger partial charge in [0.1, 0.15) is 18.8 Å². The van der Waals surface area contributed by atoms with Crippen molar-refractivity contribution in [3.05, 3.63) is 53.6 Å². The van der Waals surface area contributed by atoms with Crippen LogP contribution >= 0.6 is 0 Å². The highest BCUT2D eigenvalue weighted by atomic mass is 16.6. The molecule has 2 unspecified atom stereocenters. The number of ether oxygens (including phenoxy) is 4. The molecule has 3 rings (SSSR count). The highest BCUT2D eigenvalue weighted by Gasteiger charge is 2.33. The number of benzene rings is 2. The number of methoxy groups -OCH3 is 2. The molecule has 0 spiro atoms. The fourth-order valence-electron chi connectivity index (χ4n) is 2.40. The lowest BCUT2D eigenvalue weighted by molar-refractivity contribution is 0.136. The fraction of sp³-hybridized carbons (Fsp3) is 0.333. The van der Waals surface area contributed by atoms with Crippen LogP contribution in [0.1, 0.15) is 17.2 Å². The largest absolute Gasteiger partial charge is 0.493 e. The maximum atomic E-state index is 10.2. The van der Waals surface area contributed by atoms with Crippen LogP contribution in [0.3, 0.4) is 0 Å². The summed E-state index contributed by atoms with van der Waals surface area (Å²) >= 11 is 0. The SMILES string of the molecule is COc1cc(C(O)C2CO2)cc(OC)c1OCc1ccccc1. The van der Waals surface area contributed by atoms with E-state index in [4.69, 9.17) is 18.9 Å². The number of aliphatic hydroxyl groups is 1. The van der Waals surface area contributed by atoms with Crippen molar-refractivity contribution in [2.75, 3.05) is 20.8 Å². The predicted octanol–water partition coefficient (Wildman–Crippen LogP) is 2.72. The highest BCUT2D eigenvalue weighted by molar-refractivity contribution is 5.54. The van der Waals surface area contributed by atoms with E-state index in [0.717, 1.165) is 5.56 Å². The van der Waals surface area contributed by atoms with Gasteiger partial charge in [0.25, 0.3) is 0 Å². The van der Waals surface area contributed by atoms with Gasteiger partial charge in [-0.15, -0.1) is 0 Å². The first kappa shape index (κ1) is 15.6. The Hall–Kier alpha value is -2.24. The summed E-state index contributed by atoms with van der Waals surface area (Å²) in [5.74, 6) is 1.57. The zero-order chi connectivity index (χ0) is 16.2. The van der Waals surface area contributed by atoms with Crippen molar-refractivity contribution in [1.29, 1.82) is 0 Å². The average molecular weight is 316 g/mol. The quantitative estimate of drug-likeness (QED) is 0.796. The number of aliphatic hydroxyl groups excluding tert-OH is 1. The van der Waals surface area contributed by atoms with Gasteiger partial charge in [0, 0.05) is 0 Å². The zero-order valence-corrected chi connectivity index (χ0v) is 13.2. The number of rotatable bonds is 7. The van der Waals surface area contributed by atoms with Gasteiger partial charge in [0.15, 0.2) is 11.5 Å². The molecule has 0 amide bonds. The molecule has 0 saturated carbocycles. The van der Waals surface area contributed by atoms with Crippen LogP contribution in [0.4, 0.5) is 0 Å². The molecular weight excluding hydrogens is 296 g/mol. The lowest BCUT2D eigenvalue weighted by atomic mass is 10.1. The molecule has 1 aliphatic rings. The topological polar surface area (TPSA) is 60.5 Å². The van der Waals surface area contributed by atoms with Gasteiger partial charge in [-0.05, 0) is 23.3 Å². The summed E-state index contributed by atoms with van der Waals surface area (Å²) in [5.41, 5.74) is 1.74. The molecule has 1 saturated heterocycles. The van der Waals surface area contributed by atoms with Crippen LogP contribution in [0.25, 0.3) is 0 Å². The number of hydrogen-bond acceptors (Lipinski definition) is 5. The van der Waals surface area contributed by atoms with Crippen molar-refractivity contribution < 1.29 is 24.1 Å². The van der Waals surface area contributed by atoms with Crippen molar-refractivity contribution >= 4 is 0 Å². The van der Waals surface area contributed by atoms with Gasteiger partial charge >= 0.3 is 0 Å². The third kappa shape index (κ3) is 3.57. The molecule has 0 bridgehead atoms. The van der Waals surface area contributed by atoms with E-state index in [1.165, 1.54) is 0 Å². The lowest BCUT2D eigenvalue weighted by Crippen LogP contribution is -2.07. The fourth-order valence-corrected chi connectivity index (χ4v) is 2.40. The molecule has 23 heavy (non-hydrogen) atoms. The van der Waals surface area contributed by atoms with E-state index in [0.29, 0.717) is 36.0 Å². The van der Waals surface area contributed by atoms with Crippen molar-refractivity contribution in [2.24, 2.45) is 0 Å². The zero-order valence-electron chi connectivity index (χ0n) is 13.2. The monoisotopic (exact) mass is 316 g/mol. The summed E-state index contributed by atoms with van der Waals surface area (Å²) in [6.45, 7) is 0.971. The second-order valence-corrected chi connectivity index (χ2v) is 5.35. The van der Waals surface area contributed by atoms with Gasteiger partial charge in [-0.3, -0.25) is 0 Å². The smallest absolute Gasteiger partial charge is 0.203 e. The maximum absolute atomic E-state index is 10.2. The predicted molar refractivity (Wildman–Crippen MR) is 85.0 cm³/mol. The Kier molecular flexibility index (Phi) is 4.69. The Morgan fingerprint density at radius 2 is 1.74 bits per heavy atom. The summed E-state index contributed by atoms with van der Waals surface area (Å²) in [7, 11) is 3.13. The summed E-state index contributed by atoms with van der Waals surface area (Å²) in [6, 6.07) is 13.4. The molecule has 2 aromatic carbocycles. The molecule has 1 aliphatic heterocycles. The Labute approximate surface area is 135 Å². The summed E-state index contributed by atoms with van der Waals surface area (Å²) < 4.78 is 21.8. The van der Waals surface area contributed by atoms with Crippen molar-refractivity contribution in [3.8, 4) is 17.2 Å². The minimum absolute atomic E-state index is 0.152. The third-order valence-electron chi connectivity index (χ3n) is 3.76. The van der Waals surface area contributed by atoms with Gasteiger partial charge in [-0.2, -0.15) is 0 Å². The van der Waals surface area contributed by atoms with E-state index in [2.05, 4.69) is 0 Å². The van der Waals surface area contributed by atoms with Crippen LogP contribution < -0.4 is 14.2 Å². The Morgan fingerprint density at radius 1 is 1.13 bits per heavy atom. The third-order valence-corrected chi connectivity index (χ3v) is 3.76. The Balaban J connectivity index is 1.85. The van der Waals surface area contributed by atoms with E-state index in [1.54, 1.807) is 26.4 Å². The normalized spacial score (nSPS) is 17.4. The molecule has 1 fully saturated rings. The van der Waals surface area contributed by atoms with E-state index in [-0.39, 0.29) is 6.10 Å². The first-order valence-corrected chi connectivity index (χ1v) is 7.45. The Bertz CT molecular complexity index is 627. The van der Waals surface area contributed by atoms with Crippen molar-refractivity contribution in [3.63, 3.8) is 0 Å². The Morgan fingerprint density at radius 3 is 2.26 bits per heavy atom. The summed E-state index contributed by atoms with van der Waals surface area (Å²) in [5, 5.41) is 10.2. The van der Waals surface area contributed by atoms with Gasteiger partial charge in [-0.25, -0.2) is 0 Å². The minimum Gasteiger partial charge on any atom is -0.493 e. The average Bonchev–Trinajstić information content (AvgIpc) is 3.44. The van der Waals surface area contributed by atoms with Crippen LogP contribution in [0.5, 0.6) is 17.2 Å². The van der Waals surface area contributed by atoms with Gasteiger partial charge in [0.05, 0.1) is 20.8 Å². The lowest BCUT2D eigenvalue weighted by Gasteiger charge is -2.17. The molecule has 0 aromatic heterocycles. The molecule has 5 nitrogen and oxygen atoms in total. The molecular formula is C18H20O5. The second kappa shape index (κ2) is 6.89. The van der Waals surface area contributed by atoms with Gasteiger partial charge in [-0.1, -0.05) is 30.3 Å². The molecule has 0 aliphatic carbocycles. The van der Waals surface area contributed by atoms with E-state index in [9.17, 15) is 5.11 Å². The van der Waals surface area contributed by atoms with Gasteiger partial charge in [0.2, 0.25) is 5.75 Å². The number of epoxide rings is 1. The van der Waals surface area contributed by atoms with Crippen LogP contribution in [0, 0.1) is 0 Å². The van der Waals surface area contributed by atoms with Crippen molar-refractivity contribution in [1.82, 2.24) is 0 Å². The van der Waals surface area contributed by atoms with E-state index < -0.39 is 6.10 Å². The first-order chi connectivity index (χ1) is 11.2. The van der Waals surface area contributed by atoms with Gasteiger partial charge < -0.3 is 24.1 Å². The standard InChI is InChI=1S/C18H20O5/c1-20-14-8-13(17(19)16-11-22-16)9-15(21-2)18(14)23-10-12-6-4-3-5-7-12/h3-9,16-17,19H,10-11H2,1-2H3. The summed E-state index contributed by atoms with van der Waals surface area (Å²) in [4.78, 5) is 0. The highest BCUT2D eigenvalue weighted by Crippen LogP contribution is 2.42. The van der Waals surface area contributed by atoms with E-state index >= 15 is 0 Å². The summed E-state index contributed by atoms with van der Waals surface area (Å²) in [6.07, 6.45) is -0.846. The van der Waals surface area contributed by atoms with Crippen LogP contribution in [-0.4, -0.2) is 32.0 Å². The van der Waals surface area contributed by atoms with E-state index in [1.807, 2.05) is 30.3 Å². The molecule has 1 N–H and O–H groups in total. The molecule has 2 atom stereocenters. The first-order valence-electron chi connectivity index (χ1n) is 7.45. The van der Waals surface area contributed by atoms with Crippen LogP contribution in [0.2, 0.25) is 0 Å². The van der Waals surface area contributed by atoms with Crippen molar-refractivity contribution in [2.45, 2.75) is 18.8 Å². The molecule has 2 aromatic rings. The maximum Gasteiger partial charge on any atom is 0.203 e. The molecule has 0 radical (unpaired) electrons. The van der Waals surface area contributed by atoms with Crippen LogP contribution in [0.15, 0.2) is 42.5 Å². The molecule has 1 heterocycles. The minimum atomic E-state index is -0.694. The van der Waals surface area contributed by atoms with Crippen LogP contribution in [-0.2, 0) is 11.3 Å².